The molecule has 46 heavy (non-hydrogen) atoms. The highest BCUT2D eigenvalue weighted by molar-refractivity contribution is 5.93. The molecule has 0 atom stereocenters. The van der Waals surface area contributed by atoms with Crippen LogP contribution in [0.4, 0.5) is 17.1 Å². The molecule has 1 heterocycles. The third kappa shape index (κ3) is 10.9. The SMILES string of the molecule is C=N/C=C(\C=C/CN(CC)c1cc(OC(C)C)c(C(C)C)cc1NC(C)=O)C(=O)O.CCN(CC)c1ccc2ccc(=O)oc2c1. The number of likely N-dealkylation sites (N-methyl/N-ethyl adjacent to an activating group) is 1. The van der Waals surface area contributed by atoms with Crippen molar-refractivity contribution in [3.8, 4) is 5.75 Å². The average Bonchev–Trinajstić information content (AvgIpc) is 2.99. The van der Waals surface area contributed by atoms with Crippen molar-refractivity contribution in [1.29, 1.82) is 0 Å². The number of nitrogens with zero attached hydrogens (tertiary/aromatic N) is 3. The van der Waals surface area contributed by atoms with E-state index in [9.17, 15) is 19.5 Å². The first-order valence-corrected chi connectivity index (χ1v) is 15.6. The first-order valence-electron chi connectivity index (χ1n) is 15.6. The van der Waals surface area contributed by atoms with E-state index >= 15 is 0 Å². The van der Waals surface area contributed by atoms with Gasteiger partial charge in [-0.1, -0.05) is 19.9 Å². The Kier molecular flexibility index (Phi) is 14.8. The second kappa shape index (κ2) is 18.2. The lowest BCUT2D eigenvalue weighted by molar-refractivity contribution is -0.132. The van der Waals surface area contributed by atoms with Gasteiger partial charge in [0.2, 0.25) is 5.91 Å². The number of hydrogen-bond acceptors (Lipinski definition) is 8. The minimum absolute atomic E-state index is 0.00611. The highest BCUT2D eigenvalue weighted by Gasteiger charge is 2.18. The first kappa shape index (κ1) is 37.3. The third-order valence-electron chi connectivity index (χ3n) is 6.98. The number of anilines is 3. The van der Waals surface area contributed by atoms with E-state index in [0.717, 1.165) is 41.2 Å². The third-order valence-corrected chi connectivity index (χ3v) is 6.98. The summed E-state index contributed by atoms with van der Waals surface area (Å²) in [7, 11) is 0. The van der Waals surface area contributed by atoms with Gasteiger partial charge in [0.1, 0.15) is 11.3 Å². The van der Waals surface area contributed by atoms with Crippen LogP contribution in [0.15, 0.2) is 80.6 Å². The fourth-order valence-electron chi connectivity index (χ4n) is 4.75. The topological polar surface area (TPSA) is 125 Å². The number of carboxylic acids is 1. The molecule has 2 aromatic carbocycles. The van der Waals surface area contributed by atoms with E-state index in [1.165, 1.54) is 25.3 Å². The molecule has 0 aliphatic carbocycles. The van der Waals surface area contributed by atoms with E-state index in [1.54, 1.807) is 12.1 Å². The van der Waals surface area contributed by atoms with Crippen LogP contribution >= 0.6 is 0 Å². The quantitative estimate of drug-likeness (QED) is 0.0825. The van der Waals surface area contributed by atoms with Gasteiger partial charge in [0.25, 0.3) is 0 Å². The molecule has 0 spiro atoms. The number of aliphatic imine (C=N–C) groups is 1. The lowest BCUT2D eigenvalue weighted by Crippen LogP contribution is -2.25. The van der Waals surface area contributed by atoms with Crippen molar-refractivity contribution in [2.45, 2.75) is 67.4 Å². The fraction of sp³-hybridized carbons (Fsp3) is 0.389. The Morgan fingerprint density at radius 2 is 1.67 bits per heavy atom. The molecule has 0 saturated carbocycles. The number of ether oxygens (including phenoxy) is 1. The van der Waals surface area contributed by atoms with Crippen LogP contribution in [0.3, 0.4) is 0 Å². The standard InChI is InChI=1S/C23H33N3O4.C13H15NO2/c1-8-26(11-9-10-18(14-24-7)23(28)29)21-13-22(30-16(4)5)19(15(2)3)12-20(21)25-17(6)27;1-3-14(4-2)11-7-5-10-6-8-13(15)16-12(10)9-11/h9-10,12-16H,7-8,11H2,1-6H3,(H,25,27)(H,28,29);5-9H,3-4H2,1-2H3/b10-9-,18-14+;. The summed E-state index contributed by atoms with van der Waals surface area (Å²) < 4.78 is 11.2. The molecule has 10 nitrogen and oxygen atoms in total. The molecule has 0 aliphatic heterocycles. The van der Waals surface area contributed by atoms with Gasteiger partial charge in [0.15, 0.2) is 0 Å². The molecule has 248 valence electrons. The maximum atomic E-state index is 11.8. The Balaban J connectivity index is 0.000000383. The molecule has 0 radical (unpaired) electrons. The molecule has 0 fully saturated rings. The van der Waals surface area contributed by atoms with E-state index in [1.807, 2.05) is 49.9 Å². The number of benzene rings is 2. The number of nitrogens with one attached hydrogen (secondary N) is 1. The van der Waals surface area contributed by atoms with Gasteiger partial charge in [-0.15, -0.1) is 0 Å². The number of aliphatic carboxylic acids is 1. The van der Waals surface area contributed by atoms with E-state index < -0.39 is 5.97 Å². The molecule has 2 N–H and O–H groups in total. The molecule has 0 aliphatic rings. The number of carbonyl (C=O) groups is 2. The second-order valence-electron chi connectivity index (χ2n) is 11.1. The summed E-state index contributed by atoms with van der Waals surface area (Å²) in [6.07, 6.45) is 4.44. The lowest BCUT2D eigenvalue weighted by Gasteiger charge is -2.27. The van der Waals surface area contributed by atoms with Gasteiger partial charge in [-0.25, -0.2) is 9.59 Å². The predicted molar refractivity (Wildman–Crippen MR) is 189 cm³/mol. The molecule has 3 aromatic rings. The second-order valence-corrected chi connectivity index (χ2v) is 11.1. The molecule has 0 unspecified atom stereocenters. The van der Waals surface area contributed by atoms with Crippen LogP contribution in [0.25, 0.3) is 11.0 Å². The summed E-state index contributed by atoms with van der Waals surface area (Å²) >= 11 is 0. The van der Waals surface area contributed by atoms with Crippen LogP contribution in [0, 0.1) is 0 Å². The van der Waals surface area contributed by atoms with Crippen molar-refractivity contribution in [3.05, 3.63) is 82.4 Å². The van der Waals surface area contributed by atoms with Crippen LogP contribution < -0.4 is 25.5 Å². The first-order chi connectivity index (χ1) is 21.8. The van der Waals surface area contributed by atoms with Crippen molar-refractivity contribution >= 4 is 46.6 Å². The monoisotopic (exact) mass is 632 g/mol. The normalized spacial score (nSPS) is 11.4. The maximum absolute atomic E-state index is 11.8. The smallest absolute Gasteiger partial charge is 0.337 e. The van der Waals surface area contributed by atoms with Gasteiger partial charge in [0.05, 0.1) is 23.1 Å². The van der Waals surface area contributed by atoms with Crippen LogP contribution in [0.2, 0.25) is 0 Å². The van der Waals surface area contributed by atoms with E-state index in [2.05, 4.69) is 55.7 Å². The Bertz CT molecular complexity index is 1600. The summed E-state index contributed by atoms with van der Waals surface area (Å²) in [4.78, 5) is 41.9. The number of fused-ring (bicyclic) bond motifs is 1. The molecule has 1 amide bonds. The molecule has 0 bridgehead atoms. The Morgan fingerprint density at radius 3 is 2.22 bits per heavy atom. The number of amides is 1. The summed E-state index contributed by atoms with van der Waals surface area (Å²) in [6.45, 7) is 22.0. The highest BCUT2D eigenvalue weighted by Crippen LogP contribution is 2.38. The maximum Gasteiger partial charge on any atom is 0.337 e. The molecular formula is C36H48N4O6. The van der Waals surface area contributed by atoms with Crippen molar-refractivity contribution in [2.75, 3.05) is 41.3 Å². The van der Waals surface area contributed by atoms with Crippen molar-refractivity contribution < 1.29 is 23.8 Å². The zero-order valence-electron chi connectivity index (χ0n) is 28.3. The van der Waals surface area contributed by atoms with E-state index in [-0.39, 0.29) is 29.1 Å². The number of carbonyl (C=O) groups excluding carboxylic acids is 1. The largest absolute Gasteiger partial charge is 0.491 e. The van der Waals surface area contributed by atoms with E-state index in [0.29, 0.717) is 24.4 Å². The van der Waals surface area contributed by atoms with Gasteiger partial charge in [0, 0.05) is 68.6 Å². The lowest BCUT2D eigenvalue weighted by atomic mass is 9.99. The van der Waals surface area contributed by atoms with Gasteiger partial charge >= 0.3 is 11.6 Å². The van der Waals surface area contributed by atoms with Crippen LogP contribution in [-0.2, 0) is 9.59 Å². The number of hydrogen-bond donors (Lipinski definition) is 2. The minimum Gasteiger partial charge on any atom is -0.491 e. The van der Waals surface area contributed by atoms with Crippen molar-refractivity contribution in [1.82, 2.24) is 0 Å². The summed E-state index contributed by atoms with van der Waals surface area (Å²) in [5.74, 6) is -0.253. The number of carboxylic acid groups (broad SMARTS) is 1. The van der Waals surface area contributed by atoms with Crippen LogP contribution in [0.1, 0.15) is 66.9 Å². The van der Waals surface area contributed by atoms with Crippen LogP contribution in [0.5, 0.6) is 5.75 Å². The minimum atomic E-state index is -1.07. The Morgan fingerprint density at radius 1 is 1.02 bits per heavy atom. The molecular weight excluding hydrogens is 584 g/mol. The highest BCUT2D eigenvalue weighted by atomic mass is 16.5. The number of rotatable bonds is 14. The predicted octanol–water partition coefficient (Wildman–Crippen LogP) is 7.25. The molecule has 1 aromatic heterocycles. The molecule has 0 saturated heterocycles. The van der Waals surface area contributed by atoms with Crippen molar-refractivity contribution in [3.63, 3.8) is 0 Å². The van der Waals surface area contributed by atoms with Gasteiger partial charge in [-0.05, 0) is 83.2 Å². The summed E-state index contributed by atoms with van der Waals surface area (Å²) in [5, 5.41) is 13.1. The Hall–Kier alpha value is -4.86. The van der Waals surface area contributed by atoms with E-state index in [4.69, 9.17) is 9.15 Å². The zero-order valence-corrected chi connectivity index (χ0v) is 28.3. The van der Waals surface area contributed by atoms with Crippen molar-refractivity contribution in [2.24, 2.45) is 4.99 Å². The van der Waals surface area contributed by atoms with Gasteiger partial charge in [-0.3, -0.25) is 9.79 Å². The average molecular weight is 633 g/mol. The fourth-order valence-corrected chi connectivity index (χ4v) is 4.75. The zero-order chi connectivity index (χ0) is 34.4. The molecule has 10 heteroatoms. The summed E-state index contributed by atoms with van der Waals surface area (Å²) in [6, 6.07) is 13.1. The summed E-state index contributed by atoms with van der Waals surface area (Å²) in [5.41, 5.74) is 3.99. The Labute approximate surface area is 272 Å². The van der Waals surface area contributed by atoms with Gasteiger partial charge in [-0.2, -0.15) is 0 Å². The molecule has 3 rings (SSSR count). The van der Waals surface area contributed by atoms with Gasteiger partial charge < -0.3 is 29.4 Å². The van der Waals surface area contributed by atoms with Crippen LogP contribution in [-0.4, -0.2) is 56.0 Å².